The van der Waals surface area contributed by atoms with E-state index in [-0.39, 0.29) is 5.91 Å². The fourth-order valence-corrected chi connectivity index (χ4v) is 4.09. The molecule has 29 heavy (non-hydrogen) atoms. The summed E-state index contributed by atoms with van der Waals surface area (Å²) in [6, 6.07) is 12.3. The predicted molar refractivity (Wildman–Crippen MR) is 117 cm³/mol. The van der Waals surface area contributed by atoms with Crippen molar-refractivity contribution >= 4 is 11.7 Å². The van der Waals surface area contributed by atoms with Crippen molar-refractivity contribution < 1.29 is 4.79 Å². The first kappa shape index (κ1) is 19.9. The Labute approximate surface area is 174 Å². The number of aryl methyl sites for hydroxylation is 2. The molecule has 0 radical (unpaired) electrons. The molecule has 3 heterocycles. The Hall–Kier alpha value is -2.40. The number of pyridine rings is 1. The van der Waals surface area contributed by atoms with E-state index < -0.39 is 0 Å². The van der Waals surface area contributed by atoms with Gasteiger partial charge in [-0.3, -0.25) is 4.79 Å². The van der Waals surface area contributed by atoms with Crippen LogP contribution in [0, 0.1) is 19.8 Å². The highest BCUT2D eigenvalue weighted by Gasteiger charge is 2.23. The van der Waals surface area contributed by atoms with Crippen molar-refractivity contribution in [3.63, 3.8) is 0 Å². The molecule has 1 aromatic carbocycles. The summed E-state index contributed by atoms with van der Waals surface area (Å²) in [5.41, 5.74) is 4.34. The first-order valence-corrected chi connectivity index (χ1v) is 10.9. The van der Waals surface area contributed by atoms with Crippen LogP contribution in [0.15, 0.2) is 36.4 Å². The maximum absolute atomic E-state index is 12.8. The first-order chi connectivity index (χ1) is 14.1. The number of hydrogen-bond acceptors (Lipinski definition) is 4. The first-order valence-electron chi connectivity index (χ1n) is 10.9. The van der Waals surface area contributed by atoms with Gasteiger partial charge in [-0.2, -0.15) is 0 Å². The van der Waals surface area contributed by atoms with Gasteiger partial charge in [0.25, 0.3) is 5.91 Å². The van der Waals surface area contributed by atoms with E-state index in [4.69, 9.17) is 4.98 Å². The molecule has 154 valence electrons. The summed E-state index contributed by atoms with van der Waals surface area (Å²) >= 11 is 0. The fraction of sp³-hybridized carbons (Fsp3) is 0.500. The molecule has 2 aliphatic heterocycles. The summed E-state index contributed by atoms with van der Waals surface area (Å²) in [6.45, 7) is 9.90. The lowest BCUT2D eigenvalue weighted by Crippen LogP contribution is -2.40. The van der Waals surface area contributed by atoms with Crippen LogP contribution >= 0.6 is 0 Å². The van der Waals surface area contributed by atoms with Gasteiger partial charge in [-0.15, -0.1) is 0 Å². The van der Waals surface area contributed by atoms with E-state index in [1.54, 1.807) is 0 Å². The van der Waals surface area contributed by atoms with Crippen molar-refractivity contribution in [1.29, 1.82) is 0 Å². The maximum Gasteiger partial charge on any atom is 0.253 e. The minimum absolute atomic E-state index is 0.173. The lowest BCUT2D eigenvalue weighted by atomic mass is 9.96. The molecule has 0 unspecified atom stereocenters. The fourth-order valence-electron chi connectivity index (χ4n) is 4.09. The van der Waals surface area contributed by atoms with Crippen molar-refractivity contribution in [2.45, 2.75) is 39.7 Å². The van der Waals surface area contributed by atoms with Crippen molar-refractivity contribution in [3.8, 4) is 0 Å². The molecule has 2 fully saturated rings. The third kappa shape index (κ3) is 4.78. The molecule has 0 bridgehead atoms. The van der Waals surface area contributed by atoms with E-state index in [9.17, 15) is 4.79 Å². The van der Waals surface area contributed by atoms with Gasteiger partial charge < -0.3 is 15.1 Å². The molecule has 4 rings (SSSR count). The van der Waals surface area contributed by atoms with Gasteiger partial charge in [-0.25, -0.2) is 4.98 Å². The number of anilines is 1. The van der Waals surface area contributed by atoms with E-state index in [1.165, 1.54) is 17.5 Å². The number of carbonyl (C=O) groups excluding carboxylic acids is 1. The van der Waals surface area contributed by atoms with Crippen molar-refractivity contribution in [2.24, 2.45) is 5.92 Å². The van der Waals surface area contributed by atoms with Gasteiger partial charge in [-0.05, 0) is 81.0 Å². The average molecular weight is 393 g/mol. The van der Waals surface area contributed by atoms with Crippen LogP contribution < -0.4 is 10.2 Å². The molecule has 1 N–H and O–H groups in total. The minimum atomic E-state index is 0.173. The molecule has 0 spiro atoms. The van der Waals surface area contributed by atoms with E-state index in [1.807, 2.05) is 23.1 Å². The number of piperidine rings is 1. The molecule has 0 atom stereocenters. The van der Waals surface area contributed by atoms with Crippen LogP contribution in [0.5, 0.6) is 0 Å². The standard InChI is InChI=1S/C24H32N4O/c1-18-7-8-21(15-19(18)2)24(29)28-13-9-20(10-14-28)16-25-17-22-5-3-6-23(26-22)27-11-4-12-27/h3,5-8,15,20,25H,4,9-14,16-17H2,1-2H3. The largest absolute Gasteiger partial charge is 0.356 e. The molecular weight excluding hydrogens is 360 g/mol. The molecule has 2 aliphatic rings. The second-order valence-electron chi connectivity index (χ2n) is 8.49. The molecular formula is C24H32N4O. The number of amides is 1. The van der Waals surface area contributed by atoms with E-state index in [0.29, 0.717) is 5.92 Å². The Bertz CT molecular complexity index is 854. The van der Waals surface area contributed by atoms with Gasteiger partial charge in [0.1, 0.15) is 5.82 Å². The SMILES string of the molecule is Cc1ccc(C(=O)N2CCC(CNCc3cccc(N4CCC4)n3)CC2)cc1C. The number of carbonyl (C=O) groups is 1. The summed E-state index contributed by atoms with van der Waals surface area (Å²) in [7, 11) is 0. The van der Waals surface area contributed by atoms with Gasteiger partial charge in [0.2, 0.25) is 0 Å². The number of nitrogens with zero attached hydrogens (tertiary/aromatic N) is 3. The van der Waals surface area contributed by atoms with Crippen LogP contribution in [0.2, 0.25) is 0 Å². The third-order valence-electron chi connectivity index (χ3n) is 6.37. The van der Waals surface area contributed by atoms with Gasteiger partial charge in [-0.1, -0.05) is 12.1 Å². The van der Waals surface area contributed by atoms with E-state index >= 15 is 0 Å². The quantitative estimate of drug-likeness (QED) is 0.817. The zero-order chi connectivity index (χ0) is 20.2. The van der Waals surface area contributed by atoms with Crippen LogP contribution in [0.4, 0.5) is 5.82 Å². The van der Waals surface area contributed by atoms with Gasteiger partial charge in [0, 0.05) is 38.3 Å². The number of nitrogens with one attached hydrogen (secondary N) is 1. The zero-order valence-corrected chi connectivity index (χ0v) is 17.7. The monoisotopic (exact) mass is 392 g/mol. The third-order valence-corrected chi connectivity index (χ3v) is 6.37. The van der Waals surface area contributed by atoms with Crippen LogP contribution in [-0.4, -0.2) is 48.5 Å². The number of benzene rings is 1. The predicted octanol–water partition coefficient (Wildman–Crippen LogP) is 3.55. The Balaban J connectivity index is 1.22. The summed E-state index contributed by atoms with van der Waals surface area (Å²) in [5, 5.41) is 3.58. The number of aromatic nitrogens is 1. The van der Waals surface area contributed by atoms with Crippen LogP contribution in [-0.2, 0) is 6.54 Å². The summed E-state index contributed by atoms with van der Waals surface area (Å²) in [6.07, 6.45) is 3.39. The normalized spacial score (nSPS) is 17.3. The van der Waals surface area contributed by atoms with Crippen molar-refractivity contribution in [2.75, 3.05) is 37.6 Å². The smallest absolute Gasteiger partial charge is 0.253 e. The molecule has 2 aromatic rings. The molecule has 5 nitrogen and oxygen atoms in total. The Morgan fingerprint density at radius 1 is 1.07 bits per heavy atom. The molecule has 0 aliphatic carbocycles. The number of rotatable bonds is 6. The molecule has 5 heteroatoms. The lowest BCUT2D eigenvalue weighted by molar-refractivity contribution is 0.0690. The highest BCUT2D eigenvalue weighted by Crippen LogP contribution is 2.20. The molecule has 1 aromatic heterocycles. The van der Waals surface area contributed by atoms with Crippen LogP contribution in [0.25, 0.3) is 0 Å². The second-order valence-corrected chi connectivity index (χ2v) is 8.49. The van der Waals surface area contributed by atoms with E-state index in [2.05, 4.69) is 42.3 Å². The topological polar surface area (TPSA) is 48.5 Å². The minimum Gasteiger partial charge on any atom is -0.356 e. The molecule has 0 saturated carbocycles. The van der Waals surface area contributed by atoms with Gasteiger partial charge in [0.05, 0.1) is 5.69 Å². The van der Waals surface area contributed by atoms with E-state index in [0.717, 1.165) is 69.2 Å². The summed E-state index contributed by atoms with van der Waals surface area (Å²) in [5.74, 6) is 1.90. The van der Waals surface area contributed by atoms with Crippen LogP contribution in [0.1, 0.15) is 46.4 Å². The van der Waals surface area contributed by atoms with Crippen molar-refractivity contribution in [1.82, 2.24) is 15.2 Å². The molecule has 2 saturated heterocycles. The Morgan fingerprint density at radius 3 is 2.55 bits per heavy atom. The summed E-state index contributed by atoms with van der Waals surface area (Å²) < 4.78 is 0. The molecule has 1 amide bonds. The lowest BCUT2D eigenvalue weighted by Gasteiger charge is -2.32. The maximum atomic E-state index is 12.8. The van der Waals surface area contributed by atoms with Gasteiger partial charge in [0.15, 0.2) is 0 Å². The summed E-state index contributed by atoms with van der Waals surface area (Å²) in [4.78, 5) is 21.9. The Morgan fingerprint density at radius 2 is 1.86 bits per heavy atom. The average Bonchev–Trinajstić information content (AvgIpc) is 2.69. The van der Waals surface area contributed by atoms with Gasteiger partial charge >= 0.3 is 0 Å². The highest BCUT2D eigenvalue weighted by molar-refractivity contribution is 5.94. The van der Waals surface area contributed by atoms with Crippen molar-refractivity contribution in [3.05, 3.63) is 58.8 Å². The Kier molecular flexibility index (Phi) is 6.14. The van der Waals surface area contributed by atoms with Crippen LogP contribution in [0.3, 0.4) is 0 Å². The second kappa shape index (κ2) is 8.95. The number of hydrogen-bond donors (Lipinski definition) is 1. The zero-order valence-electron chi connectivity index (χ0n) is 17.7. The number of likely N-dealkylation sites (tertiary alicyclic amines) is 1. The highest BCUT2D eigenvalue weighted by atomic mass is 16.2.